The molecule has 2 heterocycles. The average molecular weight is 231 g/mol. The average Bonchev–Trinajstić information content (AvgIpc) is 2.87. The Labute approximate surface area is 100 Å². The predicted molar refractivity (Wildman–Crippen MR) is 67.7 cm³/mol. The number of ether oxygens (including phenoxy) is 1. The van der Waals surface area contributed by atoms with Crippen molar-refractivity contribution in [2.75, 3.05) is 5.73 Å². The van der Waals surface area contributed by atoms with E-state index in [9.17, 15) is 0 Å². The Balaban J connectivity index is 1.87. The first-order valence-electron chi connectivity index (χ1n) is 6.09. The SMILES string of the molecule is CC1CCC(Cn2ncc3ccc(N)cc32)O1. The second kappa shape index (κ2) is 4.04. The first kappa shape index (κ1) is 10.6. The van der Waals surface area contributed by atoms with Crippen LogP contribution in [0, 0.1) is 0 Å². The molecule has 2 unspecified atom stereocenters. The number of rotatable bonds is 2. The van der Waals surface area contributed by atoms with Gasteiger partial charge in [-0.05, 0) is 38.0 Å². The van der Waals surface area contributed by atoms with E-state index in [1.807, 2.05) is 29.1 Å². The maximum atomic E-state index is 5.82. The van der Waals surface area contributed by atoms with Gasteiger partial charge >= 0.3 is 0 Å². The van der Waals surface area contributed by atoms with E-state index in [0.717, 1.165) is 36.0 Å². The number of fused-ring (bicyclic) bond motifs is 1. The summed E-state index contributed by atoms with van der Waals surface area (Å²) in [6.45, 7) is 2.94. The molecule has 2 aromatic rings. The van der Waals surface area contributed by atoms with Gasteiger partial charge in [0.1, 0.15) is 0 Å². The Bertz CT molecular complexity index is 534. The third kappa shape index (κ3) is 2.00. The summed E-state index contributed by atoms with van der Waals surface area (Å²) < 4.78 is 7.82. The maximum absolute atomic E-state index is 5.82. The van der Waals surface area contributed by atoms with Crippen molar-refractivity contribution in [1.29, 1.82) is 0 Å². The number of hydrogen-bond acceptors (Lipinski definition) is 3. The molecule has 1 aliphatic rings. The second-order valence-electron chi connectivity index (χ2n) is 4.79. The zero-order valence-corrected chi connectivity index (χ0v) is 9.97. The van der Waals surface area contributed by atoms with Gasteiger partial charge in [-0.2, -0.15) is 5.10 Å². The lowest BCUT2D eigenvalue weighted by Crippen LogP contribution is -2.17. The van der Waals surface area contributed by atoms with Crippen LogP contribution in [0.2, 0.25) is 0 Å². The van der Waals surface area contributed by atoms with Crippen molar-refractivity contribution in [3.8, 4) is 0 Å². The summed E-state index contributed by atoms with van der Waals surface area (Å²) in [6.07, 6.45) is 4.81. The lowest BCUT2D eigenvalue weighted by atomic mass is 10.2. The predicted octanol–water partition coefficient (Wildman–Crippen LogP) is 2.19. The van der Waals surface area contributed by atoms with Gasteiger partial charge < -0.3 is 10.5 Å². The topological polar surface area (TPSA) is 53.1 Å². The van der Waals surface area contributed by atoms with Gasteiger partial charge in [0.2, 0.25) is 0 Å². The molecule has 0 aliphatic carbocycles. The number of benzene rings is 1. The summed E-state index contributed by atoms with van der Waals surface area (Å²) in [5, 5.41) is 5.54. The van der Waals surface area contributed by atoms with Crippen LogP contribution in [0.15, 0.2) is 24.4 Å². The number of nitrogens with zero attached hydrogens (tertiary/aromatic N) is 2. The van der Waals surface area contributed by atoms with E-state index in [1.54, 1.807) is 0 Å². The molecule has 17 heavy (non-hydrogen) atoms. The molecule has 1 aliphatic heterocycles. The van der Waals surface area contributed by atoms with Gasteiger partial charge in [0.05, 0.1) is 30.5 Å². The van der Waals surface area contributed by atoms with Crippen LogP contribution in [0.5, 0.6) is 0 Å². The summed E-state index contributed by atoms with van der Waals surface area (Å²) in [5.74, 6) is 0. The van der Waals surface area contributed by atoms with Crippen LogP contribution in [-0.4, -0.2) is 22.0 Å². The number of nitrogen functional groups attached to an aromatic ring is 1. The summed E-state index contributed by atoms with van der Waals surface area (Å²) in [6, 6.07) is 5.88. The summed E-state index contributed by atoms with van der Waals surface area (Å²) >= 11 is 0. The Morgan fingerprint density at radius 2 is 2.35 bits per heavy atom. The molecular weight excluding hydrogens is 214 g/mol. The fraction of sp³-hybridized carbons (Fsp3) is 0.462. The van der Waals surface area contributed by atoms with E-state index in [1.165, 1.54) is 0 Å². The first-order chi connectivity index (χ1) is 8.22. The van der Waals surface area contributed by atoms with Crippen molar-refractivity contribution in [3.05, 3.63) is 24.4 Å². The molecule has 3 rings (SSSR count). The lowest BCUT2D eigenvalue weighted by molar-refractivity contribution is 0.0445. The molecule has 0 amide bonds. The molecule has 1 saturated heterocycles. The van der Waals surface area contributed by atoms with Gasteiger partial charge in [-0.15, -0.1) is 0 Å². The van der Waals surface area contributed by atoms with Crippen LogP contribution >= 0.6 is 0 Å². The van der Waals surface area contributed by atoms with Crippen LogP contribution < -0.4 is 5.73 Å². The highest BCUT2D eigenvalue weighted by atomic mass is 16.5. The Morgan fingerprint density at radius 1 is 1.47 bits per heavy atom. The van der Waals surface area contributed by atoms with E-state index in [4.69, 9.17) is 10.5 Å². The van der Waals surface area contributed by atoms with Crippen LogP contribution in [0.1, 0.15) is 19.8 Å². The van der Waals surface area contributed by atoms with Gasteiger partial charge in [-0.1, -0.05) is 0 Å². The molecule has 2 atom stereocenters. The van der Waals surface area contributed by atoms with E-state index in [2.05, 4.69) is 12.0 Å². The molecule has 90 valence electrons. The van der Waals surface area contributed by atoms with Gasteiger partial charge in [0, 0.05) is 11.1 Å². The largest absolute Gasteiger partial charge is 0.399 e. The molecule has 0 saturated carbocycles. The number of aromatic nitrogens is 2. The highest BCUT2D eigenvalue weighted by Gasteiger charge is 2.22. The Hall–Kier alpha value is -1.55. The lowest BCUT2D eigenvalue weighted by Gasteiger charge is -2.12. The number of hydrogen-bond donors (Lipinski definition) is 1. The van der Waals surface area contributed by atoms with Gasteiger partial charge in [0.15, 0.2) is 0 Å². The minimum absolute atomic E-state index is 0.287. The van der Waals surface area contributed by atoms with Crippen molar-refractivity contribution in [2.24, 2.45) is 0 Å². The molecular formula is C13H17N3O. The maximum Gasteiger partial charge on any atom is 0.0775 e. The molecule has 1 aromatic heterocycles. The summed E-state index contributed by atoms with van der Waals surface area (Å²) in [5.41, 5.74) is 7.68. The third-order valence-corrected chi connectivity index (χ3v) is 3.37. The molecule has 4 nitrogen and oxygen atoms in total. The van der Waals surface area contributed by atoms with E-state index >= 15 is 0 Å². The fourth-order valence-corrected chi connectivity index (χ4v) is 2.45. The molecule has 0 spiro atoms. The highest BCUT2D eigenvalue weighted by Crippen LogP contribution is 2.23. The second-order valence-corrected chi connectivity index (χ2v) is 4.79. The number of nitrogens with two attached hydrogens (primary N) is 1. The molecule has 2 N–H and O–H groups in total. The zero-order valence-electron chi connectivity index (χ0n) is 9.97. The number of anilines is 1. The monoisotopic (exact) mass is 231 g/mol. The van der Waals surface area contributed by atoms with Gasteiger partial charge in [-0.3, -0.25) is 4.68 Å². The molecule has 1 aromatic carbocycles. The Morgan fingerprint density at radius 3 is 3.12 bits per heavy atom. The van der Waals surface area contributed by atoms with Crippen LogP contribution in [0.25, 0.3) is 10.9 Å². The molecule has 0 bridgehead atoms. The molecule has 4 heteroatoms. The van der Waals surface area contributed by atoms with Crippen molar-refractivity contribution in [2.45, 2.75) is 38.5 Å². The van der Waals surface area contributed by atoms with Crippen molar-refractivity contribution < 1.29 is 4.74 Å². The standard InChI is InChI=1S/C13H17N3O/c1-9-2-5-12(17-9)8-16-13-6-11(14)4-3-10(13)7-15-16/h3-4,6-7,9,12H,2,5,8,14H2,1H3. The van der Waals surface area contributed by atoms with Crippen molar-refractivity contribution in [1.82, 2.24) is 9.78 Å². The van der Waals surface area contributed by atoms with E-state index < -0.39 is 0 Å². The van der Waals surface area contributed by atoms with Crippen molar-refractivity contribution >= 4 is 16.6 Å². The van der Waals surface area contributed by atoms with E-state index in [0.29, 0.717) is 6.10 Å². The highest BCUT2D eigenvalue weighted by molar-refractivity contribution is 5.81. The van der Waals surface area contributed by atoms with Crippen LogP contribution in [-0.2, 0) is 11.3 Å². The summed E-state index contributed by atoms with van der Waals surface area (Å²) in [7, 11) is 0. The van der Waals surface area contributed by atoms with E-state index in [-0.39, 0.29) is 6.10 Å². The quantitative estimate of drug-likeness (QED) is 0.806. The van der Waals surface area contributed by atoms with Gasteiger partial charge in [0.25, 0.3) is 0 Å². The Kier molecular flexibility index (Phi) is 2.52. The van der Waals surface area contributed by atoms with Crippen LogP contribution in [0.3, 0.4) is 0 Å². The fourth-order valence-electron chi connectivity index (χ4n) is 2.45. The van der Waals surface area contributed by atoms with Crippen LogP contribution in [0.4, 0.5) is 5.69 Å². The first-order valence-corrected chi connectivity index (χ1v) is 6.09. The molecule has 1 fully saturated rings. The van der Waals surface area contributed by atoms with Gasteiger partial charge in [-0.25, -0.2) is 0 Å². The zero-order chi connectivity index (χ0) is 11.8. The smallest absolute Gasteiger partial charge is 0.0775 e. The third-order valence-electron chi connectivity index (χ3n) is 3.37. The van der Waals surface area contributed by atoms with Crippen molar-refractivity contribution in [3.63, 3.8) is 0 Å². The minimum Gasteiger partial charge on any atom is -0.399 e. The summed E-state index contributed by atoms with van der Waals surface area (Å²) in [4.78, 5) is 0. The molecule has 0 radical (unpaired) electrons. The normalized spacial score (nSPS) is 24.5. The minimum atomic E-state index is 0.287.